The lowest BCUT2D eigenvalue weighted by molar-refractivity contribution is 0.134. The van der Waals surface area contributed by atoms with Crippen LogP contribution >= 0.6 is 0 Å². The van der Waals surface area contributed by atoms with Crippen molar-refractivity contribution in [2.24, 2.45) is 11.8 Å². The first kappa shape index (κ1) is 18.0. The van der Waals surface area contributed by atoms with Crippen LogP contribution < -0.4 is 4.74 Å². The van der Waals surface area contributed by atoms with Gasteiger partial charge >= 0.3 is 0 Å². The molecule has 0 aromatic heterocycles. The van der Waals surface area contributed by atoms with E-state index in [9.17, 15) is 10.2 Å². The summed E-state index contributed by atoms with van der Waals surface area (Å²) in [7, 11) is 0. The van der Waals surface area contributed by atoms with Gasteiger partial charge in [-0.1, -0.05) is 44.2 Å². The minimum absolute atomic E-state index is 0.0162. The zero-order valence-electron chi connectivity index (χ0n) is 15.3. The minimum Gasteiger partial charge on any atom is -0.489 e. The minimum atomic E-state index is -0.545. The smallest absolute Gasteiger partial charge is 0.126 e. The first-order valence-corrected chi connectivity index (χ1v) is 9.29. The number of ether oxygens (including phenoxy) is 1. The summed E-state index contributed by atoms with van der Waals surface area (Å²) < 4.78 is 6.19. The average molecular weight is 340 g/mol. The van der Waals surface area contributed by atoms with Gasteiger partial charge in [-0.25, -0.2) is 0 Å². The molecule has 1 saturated carbocycles. The molecule has 1 aromatic carbocycles. The molecule has 0 bridgehead atoms. The van der Waals surface area contributed by atoms with Crippen molar-refractivity contribution >= 4 is 0 Å². The molecule has 0 saturated heterocycles. The van der Waals surface area contributed by atoms with Gasteiger partial charge in [-0.2, -0.15) is 0 Å². The van der Waals surface area contributed by atoms with E-state index in [1.165, 1.54) is 11.1 Å². The number of aliphatic hydroxyl groups is 2. The Hall–Kier alpha value is -1.76. The maximum absolute atomic E-state index is 10.5. The van der Waals surface area contributed by atoms with E-state index in [2.05, 4.69) is 37.0 Å². The van der Waals surface area contributed by atoms with E-state index in [1.54, 1.807) is 0 Å². The van der Waals surface area contributed by atoms with E-state index in [0.29, 0.717) is 12.8 Å². The Morgan fingerprint density at radius 1 is 1.40 bits per heavy atom. The number of rotatable bonds is 5. The number of para-hydroxylation sites is 1. The lowest BCUT2D eigenvalue weighted by Crippen LogP contribution is -2.19. The van der Waals surface area contributed by atoms with Gasteiger partial charge in [-0.05, 0) is 24.8 Å². The molecular formula is C22H28O3. The van der Waals surface area contributed by atoms with Gasteiger partial charge in [-0.3, -0.25) is 0 Å². The summed E-state index contributed by atoms with van der Waals surface area (Å²) >= 11 is 0. The Morgan fingerprint density at radius 3 is 2.92 bits per heavy atom. The van der Waals surface area contributed by atoms with Crippen LogP contribution in [-0.4, -0.2) is 28.5 Å². The van der Waals surface area contributed by atoms with E-state index in [0.717, 1.165) is 12.2 Å². The van der Waals surface area contributed by atoms with Crippen molar-refractivity contribution in [2.45, 2.75) is 64.3 Å². The summed E-state index contributed by atoms with van der Waals surface area (Å²) in [4.78, 5) is 0. The van der Waals surface area contributed by atoms with Crippen molar-refractivity contribution in [3.63, 3.8) is 0 Å². The molecule has 3 rings (SSSR count). The molecule has 0 radical (unpaired) electrons. The van der Waals surface area contributed by atoms with Crippen molar-refractivity contribution in [1.82, 2.24) is 0 Å². The summed E-state index contributed by atoms with van der Waals surface area (Å²) in [5, 5.41) is 20.8. The molecule has 3 nitrogen and oxygen atoms in total. The molecule has 3 heteroatoms. The SMILES string of the molecule is CC#CC[C@@H](C)[C@@H](O)/C=C/[C@H]1C2c3cccc(CC)c3O[C@@H]2C[C@@H]1O. The second-order valence-electron chi connectivity index (χ2n) is 7.24. The highest BCUT2D eigenvalue weighted by molar-refractivity contribution is 5.49. The van der Waals surface area contributed by atoms with Crippen LogP contribution in [0.15, 0.2) is 30.4 Å². The molecule has 6 atom stereocenters. The third kappa shape index (κ3) is 3.47. The molecule has 1 unspecified atom stereocenters. The molecule has 1 aliphatic carbocycles. The fraction of sp³-hybridized carbons (Fsp3) is 0.545. The van der Waals surface area contributed by atoms with Crippen LogP contribution in [0.1, 0.15) is 50.7 Å². The first-order chi connectivity index (χ1) is 12.1. The molecule has 0 amide bonds. The van der Waals surface area contributed by atoms with Crippen LogP contribution in [0.3, 0.4) is 0 Å². The van der Waals surface area contributed by atoms with Crippen LogP contribution in [-0.2, 0) is 6.42 Å². The van der Waals surface area contributed by atoms with Crippen LogP contribution in [0.4, 0.5) is 0 Å². The van der Waals surface area contributed by atoms with Crippen LogP contribution in [0, 0.1) is 23.7 Å². The second-order valence-corrected chi connectivity index (χ2v) is 7.24. The number of aryl methyl sites for hydroxylation is 1. The van der Waals surface area contributed by atoms with Crippen molar-refractivity contribution in [3.8, 4) is 17.6 Å². The predicted molar refractivity (Wildman–Crippen MR) is 99.5 cm³/mol. The Bertz CT molecular complexity index is 697. The molecule has 1 fully saturated rings. The number of fused-ring (bicyclic) bond motifs is 3. The van der Waals surface area contributed by atoms with E-state index in [-0.39, 0.29) is 23.9 Å². The monoisotopic (exact) mass is 340 g/mol. The molecule has 1 aliphatic heterocycles. The van der Waals surface area contributed by atoms with Gasteiger partial charge in [-0.15, -0.1) is 11.8 Å². The Kier molecular flexibility index (Phi) is 5.51. The maximum Gasteiger partial charge on any atom is 0.126 e. The summed E-state index contributed by atoms with van der Waals surface area (Å²) in [6.07, 6.45) is 5.15. The van der Waals surface area contributed by atoms with E-state index < -0.39 is 12.2 Å². The number of aliphatic hydroxyl groups excluding tert-OH is 2. The fourth-order valence-electron chi connectivity index (χ4n) is 4.06. The molecule has 134 valence electrons. The van der Waals surface area contributed by atoms with Crippen LogP contribution in [0.2, 0.25) is 0 Å². The predicted octanol–water partition coefficient (Wildman–Crippen LogP) is 3.44. The van der Waals surface area contributed by atoms with E-state index in [4.69, 9.17) is 4.74 Å². The van der Waals surface area contributed by atoms with Crippen molar-refractivity contribution in [3.05, 3.63) is 41.5 Å². The van der Waals surface area contributed by atoms with Gasteiger partial charge in [0.2, 0.25) is 0 Å². The van der Waals surface area contributed by atoms with Crippen LogP contribution in [0.25, 0.3) is 0 Å². The van der Waals surface area contributed by atoms with Gasteiger partial charge in [0.05, 0.1) is 12.2 Å². The Labute approximate surface area is 150 Å². The third-order valence-electron chi connectivity index (χ3n) is 5.58. The average Bonchev–Trinajstić information content (AvgIpc) is 3.12. The largest absolute Gasteiger partial charge is 0.489 e. The van der Waals surface area contributed by atoms with E-state index >= 15 is 0 Å². The molecule has 2 aliphatic rings. The number of hydrogen-bond donors (Lipinski definition) is 2. The summed E-state index contributed by atoms with van der Waals surface area (Å²) in [6, 6.07) is 6.31. The highest BCUT2D eigenvalue weighted by atomic mass is 16.5. The van der Waals surface area contributed by atoms with Crippen molar-refractivity contribution in [1.29, 1.82) is 0 Å². The van der Waals surface area contributed by atoms with Crippen LogP contribution in [0.5, 0.6) is 5.75 Å². The summed E-state index contributed by atoms with van der Waals surface area (Å²) in [6.45, 7) is 5.94. The lowest BCUT2D eigenvalue weighted by Gasteiger charge is -2.19. The molecule has 25 heavy (non-hydrogen) atoms. The molecule has 1 heterocycles. The molecule has 1 aromatic rings. The summed E-state index contributed by atoms with van der Waals surface area (Å²) in [5.41, 5.74) is 2.44. The zero-order valence-corrected chi connectivity index (χ0v) is 15.3. The molecular weight excluding hydrogens is 312 g/mol. The van der Waals surface area contributed by atoms with Gasteiger partial charge < -0.3 is 14.9 Å². The topological polar surface area (TPSA) is 49.7 Å². The fourth-order valence-corrected chi connectivity index (χ4v) is 4.06. The standard InChI is InChI=1S/C22H28O3/c1-4-6-8-14(3)18(23)12-11-16-19(24)13-20-21(16)17-10-7-9-15(5-2)22(17)25-20/h7,9-12,14,16,18-21,23-24H,5,8,13H2,1-3H3/b12-11+/t14-,16-,18+,19+,20-,21?/m1/s1. The normalized spacial score (nSPS) is 29.5. The van der Waals surface area contributed by atoms with Crippen molar-refractivity contribution in [2.75, 3.05) is 0 Å². The maximum atomic E-state index is 10.5. The van der Waals surface area contributed by atoms with Gasteiger partial charge in [0.15, 0.2) is 0 Å². The molecule has 0 spiro atoms. The van der Waals surface area contributed by atoms with Crippen molar-refractivity contribution < 1.29 is 14.9 Å². The van der Waals surface area contributed by atoms with Gasteiger partial charge in [0.25, 0.3) is 0 Å². The third-order valence-corrected chi connectivity index (χ3v) is 5.58. The van der Waals surface area contributed by atoms with Gasteiger partial charge in [0.1, 0.15) is 11.9 Å². The Morgan fingerprint density at radius 2 is 2.20 bits per heavy atom. The van der Waals surface area contributed by atoms with E-state index in [1.807, 2.05) is 26.0 Å². The number of benzene rings is 1. The Balaban J connectivity index is 1.79. The number of hydrogen-bond acceptors (Lipinski definition) is 3. The zero-order chi connectivity index (χ0) is 18.0. The molecule has 2 N–H and O–H groups in total. The highest BCUT2D eigenvalue weighted by Crippen LogP contribution is 2.51. The first-order valence-electron chi connectivity index (χ1n) is 9.29. The summed E-state index contributed by atoms with van der Waals surface area (Å²) in [5.74, 6) is 7.13. The van der Waals surface area contributed by atoms with Gasteiger partial charge in [0, 0.05) is 30.2 Å². The highest BCUT2D eigenvalue weighted by Gasteiger charge is 2.48. The quantitative estimate of drug-likeness (QED) is 0.638. The lowest BCUT2D eigenvalue weighted by atomic mass is 9.86. The second kappa shape index (κ2) is 7.64.